The summed E-state index contributed by atoms with van der Waals surface area (Å²) in [6.07, 6.45) is 3.93. The molecule has 1 N–H and O–H groups in total. The molecular formula is C14H19BrO2S2. The minimum atomic E-state index is -0.343. The van der Waals surface area contributed by atoms with E-state index in [0.717, 1.165) is 41.6 Å². The molecule has 5 heteroatoms. The van der Waals surface area contributed by atoms with Gasteiger partial charge in [0.25, 0.3) is 0 Å². The highest BCUT2D eigenvalue weighted by Gasteiger charge is 2.41. The molecule has 0 aliphatic carbocycles. The maximum atomic E-state index is 10.6. The Kier molecular flexibility index (Phi) is 4.59. The molecule has 3 rings (SSSR count). The molecule has 0 amide bonds. The third-order valence-corrected chi connectivity index (χ3v) is 7.22. The van der Waals surface area contributed by atoms with E-state index in [0.29, 0.717) is 5.92 Å². The largest absolute Gasteiger partial charge is 0.387 e. The van der Waals surface area contributed by atoms with Gasteiger partial charge in [0.05, 0.1) is 11.7 Å². The van der Waals surface area contributed by atoms with Crippen molar-refractivity contribution in [2.24, 2.45) is 5.92 Å². The Morgan fingerprint density at radius 2 is 2.21 bits per heavy atom. The van der Waals surface area contributed by atoms with Gasteiger partial charge in [0.15, 0.2) is 0 Å². The van der Waals surface area contributed by atoms with E-state index in [1.54, 1.807) is 11.3 Å². The Morgan fingerprint density at radius 1 is 1.42 bits per heavy atom. The van der Waals surface area contributed by atoms with E-state index in [1.165, 1.54) is 11.5 Å². The number of ether oxygens (including phenoxy) is 1. The topological polar surface area (TPSA) is 29.5 Å². The van der Waals surface area contributed by atoms with Crippen LogP contribution in [-0.4, -0.2) is 28.8 Å². The fourth-order valence-corrected chi connectivity index (χ4v) is 6.08. The maximum Gasteiger partial charge on any atom is 0.0923 e. The maximum absolute atomic E-state index is 10.6. The van der Waals surface area contributed by atoms with Crippen molar-refractivity contribution in [2.75, 3.05) is 18.1 Å². The fraction of sp³-hybridized carbons (Fsp3) is 0.714. The number of aliphatic hydroxyl groups excluding tert-OH is 1. The van der Waals surface area contributed by atoms with Gasteiger partial charge in [-0.3, -0.25) is 0 Å². The highest BCUT2D eigenvalue weighted by Crippen LogP contribution is 2.45. The van der Waals surface area contributed by atoms with Crippen LogP contribution in [0.2, 0.25) is 0 Å². The number of thioether (sulfide) groups is 1. The van der Waals surface area contributed by atoms with Gasteiger partial charge >= 0.3 is 0 Å². The molecule has 19 heavy (non-hydrogen) atoms. The number of rotatable bonds is 2. The van der Waals surface area contributed by atoms with E-state index < -0.39 is 0 Å². The molecule has 0 saturated carbocycles. The van der Waals surface area contributed by atoms with Crippen LogP contribution in [-0.2, 0) is 4.74 Å². The summed E-state index contributed by atoms with van der Waals surface area (Å²) in [4.78, 5) is 1.08. The minimum Gasteiger partial charge on any atom is -0.387 e. The van der Waals surface area contributed by atoms with Crippen LogP contribution in [0.4, 0.5) is 0 Å². The molecule has 2 aliphatic rings. The molecular weight excluding hydrogens is 344 g/mol. The van der Waals surface area contributed by atoms with Gasteiger partial charge in [0.2, 0.25) is 0 Å². The average molecular weight is 363 g/mol. The predicted molar refractivity (Wildman–Crippen MR) is 84.9 cm³/mol. The molecule has 106 valence electrons. The second-order valence-corrected chi connectivity index (χ2v) is 8.50. The average Bonchev–Trinajstić information content (AvgIpc) is 2.85. The Bertz CT molecular complexity index is 423. The van der Waals surface area contributed by atoms with E-state index in [2.05, 4.69) is 15.9 Å². The second kappa shape index (κ2) is 6.06. The van der Waals surface area contributed by atoms with Crippen molar-refractivity contribution in [3.8, 4) is 0 Å². The van der Waals surface area contributed by atoms with Crippen molar-refractivity contribution in [3.63, 3.8) is 0 Å². The SMILES string of the molecule is OC(c1sccc1Br)C1CCOC2(CCSCC2)C1. The molecule has 0 bridgehead atoms. The van der Waals surface area contributed by atoms with Gasteiger partial charge in [-0.15, -0.1) is 11.3 Å². The lowest BCUT2D eigenvalue weighted by molar-refractivity contribution is -0.121. The van der Waals surface area contributed by atoms with Crippen molar-refractivity contribution >= 4 is 39.0 Å². The molecule has 1 spiro atoms. The van der Waals surface area contributed by atoms with Crippen molar-refractivity contribution in [1.29, 1.82) is 0 Å². The summed E-state index contributed by atoms with van der Waals surface area (Å²) < 4.78 is 7.15. The lowest BCUT2D eigenvalue weighted by Gasteiger charge is -2.44. The molecule has 2 atom stereocenters. The van der Waals surface area contributed by atoms with Crippen molar-refractivity contribution in [1.82, 2.24) is 0 Å². The van der Waals surface area contributed by atoms with Gasteiger partial charge in [0.1, 0.15) is 0 Å². The van der Waals surface area contributed by atoms with Crippen LogP contribution in [0.5, 0.6) is 0 Å². The number of aliphatic hydroxyl groups is 1. The number of hydrogen-bond donors (Lipinski definition) is 1. The van der Waals surface area contributed by atoms with Crippen molar-refractivity contribution in [2.45, 2.75) is 37.4 Å². The van der Waals surface area contributed by atoms with E-state index in [9.17, 15) is 5.11 Å². The molecule has 2 aliphatic heterocycles. The highest BCUT2D eigenvalue weighted by molar-refractivity contribution is 9.10. The predicted octanol–water partition coefficient (Wildman–Crippen LogP) is 4.24. The number of thiophene rings is 1. The van der Waals surface area contributed by atoms with Crippen LogP contribution in [0.25, 0.3) is 0 Å². The van der Waals surface area contributed by atoms with E-state index >= 15 is 0 Å². The quantitative estimate of drug-likeness (QED) is 0.853. The Balaban J connectivity index is 1.72. The Labute approximate surface area is 131 Å². The first-order valence-electron chi connectivity index (χ1n) is 6.83. The van der Waals surface area contributed by atoms with E-state index in [4.69, 9.17) is 4.74 Å². The molecule has 2 nitrogen and oxygen atoms in total. The summed E-state index contributed by atoms with van der Waals surface area (Å²) in [6, 6.07) is 2.02. The molecule has 2 saturated heterocycles. The monoisotopic (exact) mass is 362 g/mol. The van der Waals surface area contributed by atoms with Crippen LogP contribution >= 0.6 is 39.0 Å². The van der Waals surface area contributed by atoms with E-state index in [-0.39, 0.29) is 11.7 Å². The van der Waals surface area contributed by atoms with Crippen LogP contribution in [0.3, 0.4) is 0 Å². The summed E-state index contributed by atoms with van der Waals surface area (Å²) in [6.45, 7) is 0.801. The smallest absolute Gasteiger partial charge is 0.0923 e. The molecule has 1 aromatic heterocycles. The first kappa shape index (κ1) is 14.4. The third kappa shape index (κ3) is 3.05. The molecule has 2 fully saturated rings. The van der Waals surface area contributed by atoms with Gasteiger partial charge in [0, 0.05) is 16.0 Å². The van der Waals surface area contributed by atoms with Gasteiger partial charge in [-0.1, -0.05) is 0 Å². The molecule has 2 unspecified atom stereocenters. The first-order chi connectivity index (χ1) is 9.20. The summed E-state index contributed by atoms with van der Waals surface area (Å²) in [7, 11) is 0. The van der Waals surface area contributed by atoms with Crippen LogP contribution in [0.15, 0.2) is 15.9 Å². The third-order valence-electron chi connectivity index (χ3n) is 4.30. The van der Waals surface area contributed by atoms with Crippen molar-refractivity contribution < 1.29 is 9.84 Å². The highest BCUT2D eigenvalue weighted by atomic mass is 79.9. The van der Waals surface area contributed by atoms with Crippen LogP contribution in [0.1, 0.15) is 36.7 Å². The summed E-state index contributed by atoms with van der Waals surface area (Å²) in [5.41, 5.74) is 0.0544. The van der Waals surface area contributed by atoms with Gasteiger partial charge in [-0.2, -0.15) is 11.8 Å². The van der Waals surface area contributed by atoms with Crippen LogP contribution < -0.4 is 0 Å². The number of hydrogen-bond acceptors (Lipinski definition) is 4. The summed E-state index contributed by atoms with van der Waals surface area (Å²) in [5, 5.41) is 12.7. The zero-order chi connectivity index (χ0) is 13.3. The lowest BCUT2D eigenvalue weighted by atomic mass is 9.79. The van der Waals surface area contributed by atoms with Gasteiger partial charge in [-0.25, -0.2) is 0 Å². The van der Waals surface area contributed by atoms with Gasteiger partial charge in [-0.05, 0) is 70.5 Å². The summed E-state index contributed by atoms with van der Waals surface area (Å²) >= 11 is 7.21. The molecule has 3 heterocycles. The zero-order valence-corrected chi connectivity index (χ0v) is 14.0. The minimum absolute atomic E-state index is 0.0544. The Morgan fingerprint density at radius 3 is 2.89 bits per heavy atom. The van der Waals surface area contributed by atoms with Gasteiger partial charge < -0.3 is 9.84 Å². The standard InChI is InChI=1S/C14H19BrO2S2/c15-11-2-6-19-13(11)12(16)10-1-5-17-14(9-10)3-7-18-8-4-14/h2,6,10,12,16H,1,3-5,7-9H2. The molecule has 0 radical (unpaired) electrons. The first-order valence-corrected chi connectivity index (χ1v) is 9.66. The van der Waals surface area contributed by atoms with Crippen LogP contribution in [0, 0.1) is 5.92 Å². The summed E-state index contributed by atoms with van der Waals surface area (Å²) in [5.74, 6) is 2.74. The van der Waals surface area contributed by atoms with E-state index in [1.807, 2.05) is 23.2 Å². The zero-order valence-electron chi connectivity index (χ0n) is 10.8. The Hall–Kier alpha value is 0.450. The lowest BCUT2D eigenvalue weighted by Crippen LogP contribution is -2.44. The number of halogens is 1. The fourth-order valence-electron chi connectivity index (χ4n) is 3.16. The normalized spacial score (nSPS) is 28.4. The molecule has 0 aromatic carbocycles. The second-order valence-electron chi connectivity index (χ2n) is 5.47. The molecule has 1 aromatic rings. The van der Waals surface area contributed by atoms with Crippen molar-refractivity contribution in [3.05, 3.63) is 20.8 Å².